The molecule has 7 aromatic rings. The van der Waals surface area contributed by atoms with Crippen LogP contribution in [0.3, 0.4) is 0 Å². The number of rotatable bonds is 19. The SMILES string of the molecule is CC(=O)Nc1ccc(S(=O)(=O)N=[N+]=[N-])cc1.CNOC.COC(=O)CC(=O)C(=[N+]=[N-])C(=O)OC.COC(=O)CC(=O)CC(=O)OC.COC(=O)c1n[nH]c(=O)cc1O.CON(C)C(=O)c1nnc(Cl)cc1Cl.COc1c(N)cccc1-c1ncn(C)n1.Cl.O=C(Cl)c1nnc(Cl)cc1Cl.O=C(O)c1n[nH]c(=O)cc1O.O=P(Cl)(Cl)Cl.[HH].[HH]. The van der Waals surface area contributed by atoms with Gasteiger partial charge in [0.1, 0.15) is 25.6 Å². The number of carbonyl (C=O) groups excluding carboxylic acids is 10. The van der Waals surface area contributed by atoms with Crippen LogP contribution in [-0.2, 0) is 88.6 Å². The molecule has 0 fully saturated rings. The smallest absolute Gasteiger partial charge is 0.442 e. The van der Waals surface area contributed by atoms with Crippen molar-refractivity contribution in [2.24, 2.45) is 11.6 Å². The molecule has 0 aliphatic carbocycles. The Bertz CT molecular complexity index is 4850. The Balaban J connectivity index is -0.000000296. The molecule has 115 heavy (non-hydrogen) atoms. The van der Waals surface area contributed by atoms with E-state index in [2.05, 4.69) is 133 Å². The number of hydrogen-bond acceptors (Lipinski definition) is 36. The Kier molecular flexibility index (Phi) is 56.2. The minimum absolute atomic E-state index is 0. The van der Waals surface area contributed by atoms with Crippen molar-refractivity contribution in [1.29, 1.82) is 0 Å². The number of aromatic nitrogens is 11. The number of carboxylic acid groups (broad SMARTS) is 1. The molecule has 0 atom stereocenters. The molecule has 0 saturated carbocycles. The van der Waals surface area contributed by atoms with Crippen LogP contribution in [0.25, 0.3) is 27.4 Å². The number of nitrogens with two attached hydrogens (primary N) is 1. The van der Waals surface area contributed by atoms with Crippen molar-refractivity contribution < 1.29 is 127 Å². The highest BCUT2D eigenvalue weighted by atomic mass is 36.0. The van der Waals surface area contributed by atoms with E-state index in [0.29, 0.717) is 22.9 Å². The van der Waals surface area contributed by atoms with Crippen LogP contribution in [-0.4, -0.2) is 230 Å². The van der Waals surface area contributed by atoms with Gasteiger partial charge in [-0.25, -0.2) is 48.5 Å². The number of esters is 5. The number of anilines is 2. The summed E-state index contributed by atoms with van der Waals surface area (Å²) in [5.74, 6) is -7.55. The van der Waals surface area contributed by atoms with Crippen molar-refractivity contribution in [2.75, 3.05) is 82.0 Å². The van der Waals surface area contributed by atoms with Crippen LogP contribution >= 0.6 is 109 Å². The van der Waals surface area contributed by atoms with Gasteiger partial charge >= 0.3 is 46.7 Å². The molecule has 5 heterocycles. The number of Topliss-reactive ketones (excluding diaryl/α,β-unsaturated/α-hetero) is 2. The van der Waals surface area contributed by atoms with Gasteiger partial charge in [0.2, 0.25) is 17.3 Å². The van der Waals surface area contributed by atoms with Crippen molar-refractivity contribution in [1.82, 2.24) is 66.1 Å². The summed E-state index contributed by atoms with van der Waals surface area (Å²) in [6.07, 6.45) is 0.195. The number of nitrogens with zero attached hydrogens (tertiary/aromatic N) is 15. The number of azide groups is 1. The Labute approximate surface area is 695 Å². The van der Waals surface area contributed by atoms with Crippen LogP contribution in [0.1, 0.15) is 71.0 Å². The number of para-hydroxylation sites is 1. The number of amides is 2. The second-order valence-electron chi connectivity index (χ2n) is 18.7. The molecule has 2 aromatic carbocycles. The summed E-state index contributed by atoms with van der Waals surface area (Å²) in [4.78, 5) is 156. The van der Waals surface area contributed by atoms with Crippen molar-refractivity contribution >= 4 is 201 Å². The van der Waals surface area contributed by atoms with E-state index in [1.165, 1.54) is 71.7 Å². The third-order valence-electron chi connectivity index (χ3n) is 10.9. The number of H-pyrrole nitrogens is 2. The maximum atomic E-state index is 11.5. The van der Waals surface area contributed by atoms with E-state index in [-0.39, 0.29) is 76.3 Å². The fraction of sp³-hybridized carbons (Fsp3) is 0.263. The summed E-state index contributed by atoms with van der Waals surface area (Å²) in [7, 11) is 11.1. The number of aromatic amines is 2. The van der Waals surface area contributed by atoms with E-state index < -0.39 is 114 Å². The second kappa shape index (κ2) is 58.7. The summed E-state index contributed by atoms with van der Waals surface area (Å²) >= 11 is 41.1. The lowest BCUT2D eigenvalue weighted by molar-refractivity contribution is -0.147. The summed E-state index contributed by atoms with van der Waals surface area (Å²) in [5, 5.41) is 54.4. The molecule has 2 amide bonds. The largest absolute Gasteiger partial charge is 0.505 e. The first-order valence-corrected chi connectivity index (χ1v) is 36.6. The average molecular weight is 1850 g/mol. The number of ketones is 2. The van der Waals surface area contributed by atoms with Crippen LogP contribution < -0.4 is 32.4 Å². The maximum absolute atomic E-state index is 11.5. The van der Waals surface area contributed by atoms with E-state index in [9.17, 15) is 75.3 Å². The van der Waals surface area contributed by atoms with Crippen LogP contribution in [0.2, 0.25) is 20.4 Å². The molecule has 0 aliphatic rings. The van der Waals surface area contributed by atoms with Gasteiger partial charge in [-0.1, -0.05) is 52.5 Å². The Morgan fingerprint density at radius 2 is 1.17 bits per heavy atom. The number of aromatic hydroxyl groups is 2. The normalized spacial score (nSPS) is 9.53. The zero-order chi connectivity index (χ0) is 88.3. The molecule has 632 valence electrons. The van der Waals surface area contributed by atoms with Crippen molar-refractivity contribution in [3.63, 3.8) is 0 Å². The quantitative estimate of drug-likeness (QED) is 0.00350. The highest BCUT2D eigenvalue weighted by molar-refractivity contribution is 8.24. The number of hydroxylamine groups is 3. The van der Waals surface area contributed by atoms with Crippen molar-refractivity contribution in [2.45, 2.75) is 31.1 Å². The van der Waals surface area contributed by atoms with E-state index in [1.54, 1.807) is 38.3 Å². The lowest BCUT2D eigenvalue weighted by atomic mass is 10.1. The van der Waals surface area contributed by atoms with Gasteiger partial charge in [-0.3, -0.25) is 62.0 Å². The lowest BCUT2D eigenvalue weighted by Crippen LogP contribution is -2.28. The van der Waals surface area contributed by atoms with E-state index in [4.69, 9.17) is 94.9 Å². The lowest BCUT2D eigenvalue weighted by Gasteiger charge is -2.12. The zero-order valence-corrected chi connectivity index (χ0v) is 69.3. The highest BCUT2D eigenvalue weighted by Gasteiger charge is 2.32. The molecule has 0 saturated heterocycles. The van der Waals surface area contributed by atoms with Crippen LogP contribution in [0, 0.1) is 0 Å². The number of hydrogen-bond donors (Lipinski definition) is 8. The first kappa shape index (κ1) is 110. The molecule has 0 spiro atoms. The summed E-state index contributed by atoms with van der Waals surface area (Å²) in [6.45, 7) is 1.34. The molecule has 7 rings (SSSR count). The molecule has 0 unspecified atom stereocenters. The van der Waals surface area contributed by atoms with Gasteiger partial charge in [-0.15, -0.1) is 32.8 Å². The molecule has 58 heteroatoms. The first-order chi connectivity index (χ1) is 53.2. The number of carboxylic acids is 1. The van der Waals surface area contributed by atoms with Gasteiger partial charge in [0.25, 0.3) is 38.1 Å². The Hall–Kier alpha value is -11.2. The molecule has 0 aliphatic heterocycles. The van der Waals surface area contributed by atoms with Gasteiger partial charge in [0, 0.05) is 58.2 Å². The van der Waals surface area contributed by atoms with Gasteiger partial charge in [0.15, 0.2) is 50.6 Å². The van der Waals surface area contributed by atoms with Crippen LogP contribution in [0.15, 0.2) is 92.1 Å². The monoisotopic (exact) mass is 1840 g/mol. The molecular formula is C57H68Cl9N20O27PS. The van der Waals surface area contributed by atoms with E-state index in [1.807, 2.05) is 29.4 Å². The number of aromatic carboxylic acids is 1. The number of methoxy groups -OCH3 is 6. The third kappa shape index (κ3) is 47.2. The molecule has 47 nitrogen and oxygen atoms in total. The molecule has 5 aromatic heterocycles. The standard InChI is InChI=1S/C10H12N4O.C8H8N4O3S.C7H7Cl2N3O2.C7H8N2O5.C7H10O5.C6H6N2O4.C5HCl3N2O.C5H4N2O4.C2H7NO.Cl3OP.ClH.2H2/c1-14-6-12-10(13-14)7-4-3-5-8(11)9(7)15-2;1-6(13)10-7-2-4-8(5-3-7)16(14,15)12-11-9;1-12(14-2)7(13)6-4(8)3-5(9)10-11-6;1-13-5(11)3-4(10)6(9-8)7(12)14-2;1-11-6(9)3-5(8)4-7(10)12-2;1-12-6(11)5-3(9)2-4(10)7-8-5;6-2-1-3(7)9-10-4(2)5(8)11;8-2-1-3(9)6-7-4(2)5(10)11;1-3-4-2;1-5(2,3)4;;;/h3-6H,11H2,1-2H3;2-5H,1H3,(H,10,13);3H,1-2H3;3H2,1-2H3;3-4H2,1-2H3;2H,1H3,(H2,7,9,10);1H;1H,(H,10,11)(H2,6,8,9);3H,1-2H3;;3*1H. The van der Waals surface area contributed by atoms with Gasteiger partial charge in [-0.05, 0) is 99.4 Å². The van der Waals surface area contributed by atoms with Crippen LogP contribution in [0.4, 0.5) is 11.4 Å². The number of ether oxygens (including phenoxy) is 6. The highest BCUT2D eigenvalue weighted by Crippen LogP contribution is 2.61. The number of aryl methyl sites for hydroxylation is 1. The zero-order valence-electron chi connectivity index (χ0n) is 60.8. The number of sulfonamides is 1. The fourth-order valence-corrected chi connectivity index (χ4v) is 7.66. The molecule has 9 N–H and O–H groups in total. The predicted octanol–water partition coefficient (Wildman–Crippen LogP) is 6.87. The third-order valence-corrected chi connectivity index (χ3v) is 13.1. The van der Waals surface area contributed by atoms with Gasteiger partial charge in [-0.2, -0.15) is 20.1 Å². The minimum Gasteiger partial charge on any atom is -0.505 e. The summed E-state index contributed by atoms with van der Waals surface area (Å²) in [6, 6.07) is 15.0. The first-order valence-electron chi connectivity index (χ1n) is 28.9. The Morgan fingerprint density at radius 3 is 1.53 bits per heavy atom. The molecule has 0 radical (unpaired) electrons. The fourth-order valence-electron chi connectivity index (χ4n) is 5.95. The van der Waals surface area contributed by atoms with Gasteiger partial charge < -0.3 is 65.2 Å². The van der Waals surface area contributed by atoms with E-state index in [0.717, 1.165) is 44.1 Å². The number of carbonyl (C=O) groups is 11. The second-order valence-corrected chi connectivity index (χ2v) is 28.9. The summed E-state index contributed by atoms with van der Waals surface area (Å²) in [5.41, 5.74) is 23.4. The maximum Gasteiger partial charge on any atom is 0.442 e. The predicted molar refractivity (Wildman–Crippen MR) is 412 cm³/mol. The molecule has 0 bridgehead atoms. The molecular weight excluding hydrogens is 1780 g/mol. The number of nitrogen functional groups attached to an aromatic ring is 1. The Morgan fingerprint density at radius 1 is 0.713 bits per heavy atom. The number of benzene rings is 2. The van der Waals surface area contributed by atoms with E-state index >= 15 is 0 Å². The topological polar surface area (TPSA) is 686 Å². The van der Waals surface area contributed by atoms with Crippen LogP contribution in [0.5, 0.6) is 17.2 Å². The summed E-state index contributed by atoms with van der Waals surface area (Å²) < 4.78 is 62.6. The number of nitrogens with one attached hydrogen (secondary N) is 4. The minimum atomic E-state index is -3.96. The van der Waals surface area contributed by atoms with Crippen molar-refractivity contribution in [3.05, 3.63) is 153 Å². The van der Waals surface area contributed by atoms with Crippen molar-refractivity contribution in [3.8, 4) is 28.6 Å². The van der Waals surface area contributed by atoms with Gasteiger partial charge in [0.05, 0.1) is 83.1 Å². The number of halogens is 9. The average Bonchev–Trinajstić information content (AvgIpc) is 1.75.